The van der Waals surface area contributed by atoms with E-state index < -0.39 is 0 Å². The molecule has 2 heterocycles. The Hall–Kier alpha value is -2.65. The van der Waals surface area contributed by atoms with E-state index >= 15 is 0 Å². The molecule has 27 heavy (non-hydrogen) atoms. The van der Waals surface area contributed by atoms with Crippen molar-refractivity contribution in [1.82, 2.24) is 15.5 Å². The maximum Gasteiger partial charge on any atom is 0.217 e. The molecule has 2 N–H and O–H groups in total. The van der Waals surface area contributed by atoms with Crippen LogP contribution in [0.1, 0.15) is 28.6 Å². The number of anilines is 1. The van der Waals surface area contributed by atoms with Gasteiger partial charge in [-0.2, -0.15) is 0 Å². The topological polar surface area (TPSA) is 97.1 Å². The zero-order chi connectivity index (χ0) is 19.1. The van der Waals surface area contributed by atoms with Crippen molar-refractivity contribution in [1.29, 1.82) is 0 Å². The monoisotopic (exact) mass is 402 g/mol. The molecule has 0 radical (unpaired) electrons. The molecule has 1 aromatic carbocycles. The highest BCUT2D eigenvalue weighted by molar-refractivity contribution is 8.01. The number of hydrogen-bond acceptors (Lipinski definition) is 8. The first-order valence-corrected chi connectivity index (χ1v) is 9.99. The van der Waals surface area contributed by atoms with Crippen molar-refractivity contribution in [2.45, 2.75) is 24.4 Å². The number of ketones is 1. The number of carbonyl (C=O) groups excluding carboxylic acids is 2. The zero-order valence-electron chi connectivity index (χ0n) is 14.6. The van der Waals surface area contributed by atoms with Crippen molar-refractivity contribution in [3.63, 3.8) is 0 Å². The molecule has 0 unspecified atom stereocenters. The summed E-state index contributed by atoms with van der Waals surface area (Å²) in [5.74, 6) is 1.04. The summed E-state index contributed by atoms with van der Waals surface area (Å²) in [6.07, 6.45) is 1.62. The van der Waals surface area contributed by atoms with Gasteiger partial charge in [-0.15, -0.1) is 10.2 Å². The Balaban J connectivity index is 1.46. The van der Waals surface area contributed by atoms with Gasteiger partial charge >= 0.3 is 0 Å². The molecular formula is C18H18N4O3S2. The van der Waals surface area contributed by atoms with Gasteiger partial charge in [-0.3, -0.25) is 9.59 Å². The van der Waals surface area contributed by atoms with Crippen LogP contribution in [0.5, 0.6) is 0 Å². The largest absolute Gasteiger partial charge is 0.467 e. The highest BCUT2D eigenvalue weighted by Crippen LogP contribution is 2.26. The number of carbonyl (C=O) groups is 2. The molecule has 0 saturated heterocycles. The number of thioether (sulfide) groups is 1. The minimum absolute atomic E-state index is 0.0198. The number of nitrogens with zero attached hydrogens (tertiary/aromatic N) is 2. The van der Waals surface area contributed by atoms with Crippen LogP contribution in [0.4, 0.5) is 5.13 Å². The number of rotatable bonds is 9. The first-order chi connectivity index (χ1) is 13.1. The van der Waals surface area contributed by atoms with Crippen molar-refractivity contribution in [2.75, 3.05) is 11.1 Å². The van der Waals surface area contributed by atoms with E-state index in [2.05, 4.69) is 20.8 Å². The van der Waals surface area contributed by atoms with Crippen molar-refractivity contribution in [3.05, 3.63) is 59.5 Å². The summed E-state index contributed by atoms with van der Waals surface area (Å²) in [6.45, 7) is 2.47. The molecule has 140 valence electrons. The van der Waals surface area contributed by atoms with E-state index in [1.807, 2.05) is 24.3 Å². The van der Waals surface area contributed by atoms with Crippen molar-refractivity contribution in [2.24, 2.45) is 0 Å². The Morgan fingerprint density at radius 2 is 1.96 bits per heavy atom. The van der Waals surface area contributed by atoms with Crippen LogP contribution < -0.4 is 10.6 Å². The van der Waals surface area contributed by atoms with Crippen LogP contribution in [0, 0.1) is 0 Å². The standard InChI is InChI=1S/C18H18N4O3S2/c1-12(23)19-9-13-4-6-14(7-5-13)16(24)11-26-18-22-21-17(27-18)20-10-15-3-2-8-25-15/h2-8H,9-11H2,1H3,(H,19,23)(H,20,21). The van der Waals surface area contributed by atoms with E-state index in [0.29, 0.717) is 23.8 Å². The molecule has 0 atom stereocenters. The average Bonchev–Trinajstić information content (AvgIpc) is 3.35. The van der Waals surface area contributed by atoms with Crippen LogP contribution in [0.25, 0.3) is 0 Å². The van der Waals surface area contributed by atoms with Crippen molar-refractivity contribution >= 4 is 39.9 Å². The van der Waals surface area contributed by atoms with Gasteiger partial charge in [0.25, 0.3) is 0 Å². The van der Waals surface area contributed by atoms with Crippen LogP contribution in [0.3, 0.4) is 0 Å². The minimum atomic E-state index is -0.0818. The number of Topliss-reactive ketones (excluding diaryl/α,β-unsaturated/α-hetero) is 1. The molecule has 0 aliphatic rings. The fourth-order valence-corrected chi connectivity index (χ4v) is 3.80. The highest BCUT2D eigenvalue weighted by atomic mass is 32.2. The molecule has 0 fully saturated rings. The lowest BCUT2D eigenvalue weighted by atomic mass is 10.1. The second-order valence-corrected chi connectivity index (χ2v) is 7.82. The third-order valence-electron chi connectivity index (χ3n) is 3.54. The summed E-state index contributed by atoms with van der Waals surface area (Å²) < 4.78 is 5.98. The highest BCUT2D eigenvalue weighted by Gasteiger charge is 2.10. The SMILES string of the molecule is CC(=O)NCc1ccc(C(=O)CSc2nnc(NCc3ccco3)s2)cc1. The number of hydrogen-bond donors (Lipinski definition) is 2. The van der Waals surface area contributed by atoms with Gasteiger partial charge in [0, 0.05) is 19.0 Å². The Morgan fingerprint density at radius 1 is 1.15 bits per heavy atom. The Labute approximate surface area is 164 Å². The molecule has 0 bridgehead atoms. The van der Waals surface area contributed by atoms with Gasteiger partial charge in [0.2, 0.25) is 11.0 Å². The lowest BCUT2D eigenvalue weighted by Crippen LogP contribution is -2.18. The van der Waals surface area contributed by atoms with Gasteiger partial charge in [0.1, 0.15) is 5.76 Å². The van der Waals surface area contributed by atoms with E-state index in [1.54, 1.807) is 18.4 Å². The smallest absolute Gasteiger partial charge is 0.217 e. The summed E-state index contributed by atoms with van der Waals surface area (Å²) in [5.41, 5.74) is 1.58. The van der Waals surface area contributed by atoms with E-state index in [4.69, 9.17) is 4.42 Å². The zero-order valence-corrected chi connectivity index (χ0v) is 16.2. The lowest BCUT2D eigenvalue weighted by Gasteiger charge is -2.04. The molecule has 1 amide bonds. The van der Waals surface area contributed by atoms with Crippen LogP contribution in [-0.2, 0) is 17.9 Å². The summed E-state index contributed by atoms with van der Waals surface area (Å²) in [7, 11) is 0. The second-order valence-electron chi connectivity index (χ2n) is 5.62. The average molecular weight is 403 g/mol. The molecule has 0 spiro atoms. The van der Waals surface area contributed by atoms with Gasteiger partial charge in [-0.1, -0.05) is 47.4 Å². The Morgan fingerprint density at radius 3 is 2.67 bits per heavy atom. The summed E-state index contributed by atoms with van der Waals surface area (Å²) >= 11 is 2.76. The number of nitrogens with one attached hydrogen (secondary N) is 2. The number of aromatic nitrogens is 2. The van der Waals surface area contributed by atoms with Crippen molar-refractivity contribution < 1.29 is 14.0 Å². The lowest BCUT2D eigenvalue weighted by molar-refractivity contribution is -0.119. The van der Waals surface area contributed by atoms with Crippen LogP contribution in [-0.4, -0.2) is 27.6 Å². The van der Waals surface area contributed by atoms with Gasteiger partial charge in [0.15, 0.2) is 10.1 Å². The van der Waals surface area contributed by atoms with Crippen LogP contribution in [0.15, 0.2) is 51.4 Å². The summed E-state index contributed by atoms with van der Waals surface area (Å²) in [5, 5.41) is 14.7. The molecule has 3 rings (SSSR count). The normalized spacial score (nSPS) is 10.6. The molecular weight excluding hydrogens is 384 g/mol. The van der Waals surface area contributed by atoms with Gasteiger partial charge < -0.3 is 15.1 Å². The van der Waals surface area contributed by atoms with Gasteiger partial charge in [-0.25, -0.2) is 0 Å². The molecule has 0 saturated carbocycles. The predicted molar refractivity (Wildman–Crippen MR) is 105 cm³/mol. The summed E-state index contributed by atoms with van der Waals surface area (Å²) in [4.78, 5) is 23.2. The van der Waals surface area contributed by atoms with Crippen molar-refractivity contribution in [3.8, 4) is 0 Å². The molecule has 0 aliphatic carbocycles. The van der Waals surface area contributed by atoms with Gasteiger partial charge in [-0.05, 0) is 17.7 Å². The molecule has 2 aromatic heterocycles. The Bertz CT molecular complexity index is 892. The first kappa shape index (κ1) is 19.1. The number of amides is 1. The molecule has 0 aliphatic heterocycles. The fraction of sp³-hybridized carbons (Fsp3) is 0.222. The number of benzene rings is 1. The third-order valence-corrected chi connectivity index (χ3v) is 5.56. The minimum Gasteiger partial charge on any atom is -0.467 e. The van der Waals surface area contributed by atoms with E-state index in [9.17, 15) is 9.59 Å². The quantitative estimate of drug-likeness (QED) is 0.418. The maximum absolute atomic E-state index is 12.3. The Kier molecular flexibility index (Phi) is 6.61. The molecule has 3 aromatic rings. The number of furan rings is 1. The fourth-order valence-electron chi connectivity index (χ4n) is 2.16. The van der Waals surface area contributed by atoms with E-state index in [1.165, 1.54) is 30.0 Å². The van der Waals surface area contributed by atoms with E-state index in [-0.39, 0.29) is 17.4 Å². The second kappa shape index (κ2) is 9.33. The van der Waals surface area contributed by atoms with Crippen LogP contribution >= 0.6 is 23.1 Å². The first-order valence-electron chi connectivity index (χ1n) is 8.19. The maximum atomic E-state index is 12.3. The molecule has 9 heteroatoms. The predicted octanol–water partition coefficient (Wildman–Crippen LogP) is 3.35. The van der Waals surface area contributed by atoms with E-state index in [0.717, 1.165) is 15.7 Å². The third kappa shape index (κ3) is 5.93. The van der Waals surface area contributed by atoms with Gasteiger partial charge in [0.05, 0.1) is 18.6 Å². The summed E-state index contributed by atoms with van der Waals surface area (Å²) in [6, 6.07) is 10.9. The molecule has 7 nitrogen and oxygen atoms in total. The van der Waals surface area contributed by atoms with Crippen LogP contribution in [0.2, 0.25) is 0 Å².